The second-order valence-electron chi connectivity index (χ2n) is 3.74. The number of carbonyl (C=O) groups is 3. The third kappa shape index (κ3) is 6.03. The fourth-order valence-corrected chi connectivity index (χ4v) is 1.67. The van der Waals surface area contributed by atoms with E-state index in [0.717, 1.165) is 25.3 Å². The maximum Gasteiger partial charge on any atom is 0.332 e. The third-order valence-electron chi connectivity index (χ3n) is 2.50. The fourth-order valence-electron chi connectivity index (χ4n) is 1.67. The molecule has 1 rings (SSSR count). The van der Waals surface area contributed by atoms with Crippen molar-refractivity contribution in [1.29, 1.82) is 0 Å². The van der Waals surface area contributed by atoms with Crippen molar-refractivity contribution in [3.63, 3.8) is 0 Å². The minimum absolute atomic E-state index is 0.0665. The molecule has 1 aliphatic heterocycles. The molecule has 102 valence electrons. The Bertz CT molecular complexity index is 303. The summed E-state index contributed by atoms with van der Waals surface area (Å²) in [4.78, 5) is 32.6. The van der Waals surface area contributed by atoms with Crippen molar-refractivity contribution in [2.24, 2.45) is 0 Å². The van der Waals surface area contributed by atoms with E-state index in [1.54, 1.807) is 11.8 Å². The minimum atomic E-state index is -0.487. The van der Waals surface area contributed by atoms with Crippen molar-refractivity contribution >= 4 is 18.3 Å². The number of likely N-dealkylation sites (tertiary alicyclic amines) is 1. The van der Waals surface area contributed by atoms with E-state index in [0.29, 0.717) is 13.0 Å². The van der Waals surface area contributed by atoms with E-state index in [4.69, 9.17) is 14.6 Å². The van der Waals surface area contributed by atoms with Crippen molar-refractivity contribution < 1.29 is 24.2 Å². The zero-order valence-corrected chi connectivity index (χ0v) is 10.5. The van der Waals surface area contributed by atoms with Gasteiger partial charge >= 0.3 is 5.97 Å². The summed E-state index contributed by atoms with van der Waals surface area (Å²) in [5, 5.41) is 6.89. The summed E-state index contributed by atoms with van der Waals surface area (Å²) in [6.07, 6.45) is 4.14. The van der Waals surface area contributed by atoms with Crippen LogP contribution in [0.3, 0.4) is 0 Å². The zero-order valence-electron chi connectivity index (χ0n) is 10.5. The van der Waals surface area contributed by atoms with Crippen molar-refractivity contribution in [1.82, 2.24) is 4.90 Å². The number of amides is 1. The first-order chi connectivity index (χ1) is 8.56. The Kier molecular flexibility index (Phi) is 8.26. The zero-order chi connectivity index (χ0) is 14.0. The second kappa shape index (κ2) is 9.21. The lowest BCUT2D eigenvalue weighted by molar-refractivity contribution is -0.158. The van der Waals surface area contributed by atoms with Gasteiger partial charge in [0.15, 0.2) is 6.23 Å². The Morgan fingerprint density at radius 1 is 1.50 bits per heavy atom. The SMILES string of the molecule is C=CC(=O)OC(C)N1CCCCCC1=O.O=CO. The molecule has 1 aliphatic rings. The molecular weight excluding hydrogens is 238 g/mol. The number of carbonyl (C=O) groups excluding carboxylic acids is 2. The molecule has 1 unspecified atom stereocenters. The van der Waals surface area contributed by atoms with Gasteiger partial charge in [-0.15, -0.1) is 0 Å². The molecule has 0 aromatic carbocycles. The Morgan fingerprint density at radius 3 is 2.67 bits per heavy atom. The molecule has 0 bridgehead atoms. The van der Waals surface area contributed by atoms with E-state index < -0.39 is 12.2 Å². The lowest BCUT2D eigenvalue weighted by Gasteiger charge is -2.26. The first-order valence-corrected chi connectivity index (χ1v) is 5.77. The lowest BCUT2D eigenvalue weighted by Crippen LogP contribution is -2.40. The number of hydrogen-bond donors (Lipinski definition) is 1. The average molecular weight is 257 g/mol. The van der Waals surface area contributed by atoms with E-state index in [1.807, 2.05) is 0 Å². The van der Waals surface area contributed by atoms with Crippen LogP contribution in [0.1, 0.15) is 32.6 Å². The van der Waals surface area contributed by atoms with E-state index in [9.17, 15) is 9.59 Å². The molecule has 0 aliphatic carbocycles. The van der Waals surface area contributed by atoms with Crippen LogP contribution in [0.15, 0.2) is 12.7 Å². The van der Waals surface area contributed by atoms with Crippen molar-refractivity contribution in [2.75, 3.05) is 6.54 Å². The van der Waals surface area contributed by atoms with Crippen LogP contribution in [-0.4, -0.2) is 41.1 Å². The van der Waals surface area contributed by atoms with E-state index in [1.165, 1.54) is 0 Å². The van der Waals surface area contributed by atoms with Crippen LogP contribution in [0.25, 0.3) is 0 Å². The van der Waals surface area contributed by atoms with Crippen LogP contribution in [0.5, 0.6) is 0 Å². The van der Waals surface area contributed by atoms with E-state index in [-0.39, 0.29) is 12.4 Å². The third-order valence-corrected chi connectivity index (χ3v) is 2.50. The largest absolute Gasteiger partial charge is 0.483 e. The second-order valence-corrected chi connectivity index (χ2v) is 3.74. The van der Waals surface area contributed by atoms with E-state index >= 15 is 0 Å². The van der Waals surface area contributed by atoms with Crippen LogP contribution in [0.4, 0.5) is 0 Å². The normalized spacial score (nSPS) is 16.7. The Morgan fingerprint density at radius 2 is 2.11 bits per heavy atom. The smallest absolute Gasteiger partial charge is 0.332 e. The highest BCUT2D eigenvalue weighted by molar-refractivity contribution is 5.82. The first-order valence-electron chi connectivity index (χ1n) is 5.77. The molecule has 6 nitrogen and oxygen atoms in total. The lowest BCUT2D eigenvalue weighted by atomic mass is 10.2. The molecule has 0 aromatic heterocycles. The fraction of sp³-hybridized carbons (Fsp3) is 0.583. The van der Waals surface area contributed by atoms with Crippen molar-refractivity contribution in [3.8, 4) is 0 Å². The van der Waals surface area contributed by atoms with Crippen molar-refractivity contribution in [2.45, 2.75) is 38.8 Å². The van der Waals surface area contributed by atoms with Crippen LogP contribution in [0, 0.1) is 0 Å². The molecule has 0 aromatic rings. The number of carboxylic acid groups (broad SMARTS) is 1. The summed E-state index contributed by atoms with van der Waals surface area (Å²) in [7, 11) is 0. The summed E-state index contributed by atoms with van der Waals surface area (Å²) < 4.78 is 5.01. The average Bonchev–Trinajstić information content (AvgIpc) is 2.54. The molecule has 1 fully saturated rings. The summed E-state index contributed by atoms with van der Waals surface area (Å²) in [5.74, 6) is -0.420. The Balaban J connectivity index is 0.000000873. The molecule has 1 heterocycles. The quantitative estimate of drug-likeness (QED) is 0.466. The molecule has 0 spiro atoms. The molecule has 1 saturated heterocycles. The minimum Gasteiger partial charge on any atom is -0.483 e. The molecule has 1 amide bonds. The number of nitrogens with zero attached hydrogens (tertiary/aromatic N) is 1. The van der Waals surface area contributed by atoms with Gasteiger partial charge in [0.1, 0.15) is 0 Å². The first kappa shape index (κ1) is 16.1. The van der Waals surface area contributed by atoms with Crippen LogP contribution in [0.2, 0.25) is 0 Å². The van der Waals surface area contributed by atoms with Gasteiger partial charge in [-0.3, -0.25) is 9.59 Å². The van der Waals surface area contributed by atoms with Gasteiger partial charge in [-0.2, -0.15) is 0 Å². The molecule has 18 heavy (non-hydrogen) atoms. The standard InChI is InChI=1S/C11H17NO3.CH2O2/c1-3-11(14)15-9(2)12-8-6-4-5-7-10(12)13;2-1-3/h3,9H,1,4-8H2,2H3;1H,(H,2,3). The predicted octanol–water partition coefficient (Wildman–Crippen LogP) is 1.17. The Hall–Kier alpha value is -1.85. The van der Waals surface area contributed by atoms with Crippen LogP contribution < -0.4 is 0 Å². The van der Waals surface area contributed by atoms with Gasteiger partial charge in [0.25, 0.3) is 6.47 Å². The molecule has 0 saturated carbocycles. The van der Waals surface area contributed by atoms with Gasteiger partial charge in [-0.1, -0.05) is 13.0 Å². The highest BCUT2D eigenvalue weighted by Crippen LogP contribution is 2.14. The number of ether oxygens (including phenoxy) is 1. The molecule has 1 atom stereocenters. The molecule has 0 radical (unpaired) electrons. The molecular formula is C12H19NO5. The number of rotatable bonds is 3. The van der Waals surface area contributed by atoms with Gasteiger partial charge in [-0.25, -0.2) is 4.79 Å². The van der Waals surface area contributed by atoms with Crippen molar-refractivity contribution in [3.05, 3.63) is 12.7 Å². The maximum atomic E-state index is 11.6. The van der Waals surface area contributed by atoms with Gasteiger partial charge in [0.05, 0.1) is 0 Å². The summed E-state index contributed by atoms with van der Waals surface area (Å²) in [5.41, 5.74) is 0. The van der Waals surface area contributed by atoms with Crippen LogP contribution in [-0.2, 0) is 19.1 Å². The molecule has 6 heteroatoms. The maximum absolute atomic E-state index is 11.6. The number of esters is 1. The van der Waals surface area contributed by atoms with Gasteiger partial charge in [-0.05, 0) is 19.8 Å². The topological polar surface area (TPSA) is 83.9 Å². The molecule has 1 N–H and O–H groups in total. The monoisotopic (exact) mass is 257 g/mol. The number of hydrogen-bond acceptors (Lipinski definition) is 4. The highest BCUT2D eigenvalue weighted by atomic mass is 16.6. The summed E-state index contributed by atoms with van der Waals surface area (Å²) in [6.45, 7) is 5.45. The summed E-state index contributed by atoms with van der Waals surface area (Å²) >= 11 is 0. The van der Waals surface area contributed by atoms with Gasteiger partial charge in [0, 0.05) is 19.0 Å². The van der Waals surface area contributed by atoms with Gasteiger partial charge < -0.3 is 14.7 Å². The Labute approximate surface area is 106 Å². The van der Waals surface area contributed by atoms with Gasteiger partial charge in [0.2, 0.25) is 5.91 Å². The summed E-state index contributed by atoms with van der Waals surface area (Å²) in [6, 6.07) is 0. The highest BCUT2D eigenvalue weighted by Gasteiger charge is 2.23. The van der Waals surface area contributed by atoms with E-state index in [2.05, 4.69) is 6.58 Å². The predicted molar refractivity (Wildman–Crippen MR) is 64.6 cm³/mol. The van der Waals surface area contributed by atoms with Crippen LogP contribution >= 0.6 is 0 Å².